The molecule has 7 nitrogen and oxygen atoms in total. The van der Waals surface area contributed by atoms with Crippen molar-refractivity contribution >= 4 is 11.6 Å². The topological polar surface area (TPSA) is 92.0 Å². The largest absolute Gasteiger partial charge is 1.00 e. The average Bonchev–Trinajstić information content (AvgIpc) is 2.82. The molecule has 1 aromatic heterocycles. The molecule has 2 heterocycles. The van der Waals surface area contributed by atoms with Crippen molar-refractivity contribution in [3.05, 3.63) is 78.9 Å². The maximum absolute atomic E-state index is 12.4. The molecule has 33 heavy (non-hydrogen) atoms. The monoisotopic (exact) mass is 462 g/mol. The van der Waals surface area contributed by atoms with Gasteiger partial charge >= 0.3 is 29.6 Å². The van der Waals surface area contributed by atoms with Crippen molar-refractivity contribution in [3.8, 4) is 5.88 Å². The summed E-state index contributed by atoms with van der Waals surface area (Å²) in [4.78, 5) is 16.5. The van der Waals surface area contributed by atoms with Gasteiger partial charge in [0.05, 0.1) is 13.2 Å². The van der Waals surface area contributed by atoms with Gasteiger partial charge in [0.2, 0.25) is 5.88 Å². The second-order valence-corrected chi connectivity index (χ2v) is 6.71. The summed E-state index contributed by atoms with van der Waals surface area (Å²) in [6.45, 7) is 20.5. The van der Waals surface area contributed by atoms with E-state index in [4.69, 9.17) is 20.8 Å². The number of rotatable bonds is 2. The molecule has 176 valence electrons. The zero-order valence-electron chi connectivity index (χ0n) is 20.2. The van der Waals surface area contributed by atoms with E-state index in [2.05, 4.69) is 31.1 Å². The number of hydrogen-bond donors (Lipinski definition) is 1. The Bertz CT molecular complexity index is 833. The van der Waals surface area contributed by atoms with E-state index in [-0.39, 0.29) is 53.1 Å². The molecule has 0 atom stereocenters. The summed E-state index contributed by atoms with van der Waals surface area (Å²) >= 11 is 0. The van der Waals surface area contributed by atoms with E-state index in [1.165, 1.54) is 12.2 Å². The average molecular weight is 463 g/mol. The quantitative estimate of drug-likeness (QED) is 0.531. The molecule has 3 rings (SSSR count). The Hall–Kier alpha value is -1.93. The fourth-order valence-corrected chi connectivity index (χ4v) is 2.27. The van der Waals surface area contributed by atoms with Gasteiger partial charge in [-0.3, -0.25) is 10.5 Å². The zero-order chi connectivity index (χ0) is 23.9. The Kier molecular flexibility index (Phi) is 16.5. The van der Waals surface area contributed by atoms with E-state index < -0.39 is 5.91 Å². The molecule has 0 saturated carbocycles. The predicted octanol–water partition coefficient (Wildman–Crippen LogP) is 1.49. The molecule has 0 aromatic carbocycles. The molecule has 1 aliphatic heterocycles. The molecule has 1 aliphatic carbocycles. The van der Waals surface area contributed by atoms with Crippen molar-refractivity contribution < 1.29 is 48.6 Å². The first-order valence-corrected chi connectivity index (χ1v) is 10.8. The first kappa shape index (κ1) is 31.1. The normalized spacial score (nSPS) is 15.8. The third-order valence-corrected chi connectivity index (χ3v) is 4.28. The summed E-state index contributed by atoms with van der Waals surface area (Å²) < 4.78 is 16.4. The van der Waals surface area contributed by atoms with Gasteiger partial charge in [-0.1, -0.05) is 38.8 Å². The van der Waals surface area contributed by atoms with Gasteiger partial charge in [0.25, 0.3) is 5.91 Å². The summed E-state index contributed by atoms with van der Waals surface area (Å²) in [5.41, 5.74) is 0.516. The number of carbonyl (C=O) groups excluding carboxylic acids is 1. The summed E-state index contributed by atoms with van der Waals surface area (Å²) in [5.74, 6) is 0.904. The number of pyridine rings is 1. The van der Waals surface area contributed by atoms with Crippen LogP contribution < -0.4 is 39.6 Å². The van der Waals surface area contributed by atoms with E-state index >= 15 is 0 Å². The number of aromatic nitrogens is 1. The van der Waals surface area contributed by atoms with Crippen LogP contribution in [0.3, 0.4) is 0 Å². The molecule has 1 aromatic rings. The minimum Gasteiger partial charge on any atom is -0.872 e. The van der Waals surface area contributed by atoms with Crippen LogP contribution in [0.1, 0.15) is 44.1 Å². The molecule has 0 fully saturated rings. The van der Waals surface area contributed by atoms with Crippen molar-refractivity contribution in [3.63, 3.8) is 0 Å². The van der Waals surface area contributed by atoms with E-state index in [1.807, 2.05) is 13.8 Å². The number of nitrogens with zero attached hydrogens (tertiary/aromatic N) is 2. The number of amides is 1. The third kappa shape index (κ3) is 11.2. The molecule has 8 heteroatoms. The minimum absolute atomic E-state index is 0. The summed E-state index contributed by atoms with van der Waals surface area (Å²) in [6.07, 6.45) is 4.81. The van der Waals surface area contributed by atoms with E-state index in [0.29, 0.717) is 43.1 Å². The Morgan fingerprint density at radius 1 is 1.12 bits per heavy atom. The van der Waals surface area contributed by atoms with Crippen LogP contribution in [0, 0.1) is 26.3 Å². The first-order valence-electron chi connectivity index (χ1n) is 10.8. The van der Waals surface area contributed by atoms with E-state index in [1.54, 1.807) is 18.2 Å². The molecule has 0 saturated heterocycles. The third-order valence-electron chi connectivity index (χ3n) is 4.28. The first-order chi connectivity index (χ1) is 15.4. The van der Waals surface area contributed by atoms with Gasteiger partial charge < -0.3 is 38.8 Å². The van der Waals surface area contributed by atoms with Gasteiger partial charge in [0.1, 0.15) is 24.7 Å². The Balaban J connectivity index is 0.000000994. The van der Waals surface area contributed by atoms with Crippen molar-refractivity contribution in [2.24, 2.45) is 5.92 Å². The molecule has 1 amide bonds. The van der Waals surface area contributed by atoms with Gasteiger partial charge in [-0.25, -0.2) is 17.1 Å². The van der Waals surface area contributed by atoms with Gasteiger partial charge in [-0.2, -0.15) is 12.8 Å². The number of carbonyl (C=O) groups is 1. The smallest absolute Gasteiger partial charge is 0.872 e. The molecule has 2 bridgehead atoms. The van der Waals surface area contributed by atoms with Crippen LogP contribution in [0.2, 0.25) is 0 Å². The van der Waals surface area contributed by atoms with Crippen LogP contribution in [0.4, 0.5) is 0 Å². The second-order valence-electron chi connectivity index (χ2n) is 6.71. The standard InChI is InChI=1S/C17H15N3O4.C6H12.C2H6.Na/c1-11-9-14-15(10-12(11)18)23-7-5-22-6-8-24-16-4-2-3-13(19-16)17(21)20-14;1-4-6(3)5-2;1-2;/h1-4,9-10H,5-8H2,(H,20,21);6H,1-2,4-5H2,3H3;1-2H3;/q2*-2;;+1. The van der Waals surface area contributed by atoms with Crippen LogP contribution in [-0.4, -0.2) is 43.0 Å². The molecule has 0 spiro atoms. The summed E-state index contributed by atoms with van der Waals surface area (Å²) in [6, 6.07) is 4.90. The number of fused-ring (bicyclic) bond motifs is 3. The number of allylic oxidation sites excluding steroid dienone is 3. The fraction of sp³-hybridized carbons (Fsp3) is 0.400. The van der Waals surface area contributed by atoms with E-state index in [9.17, 15) is 10.2 Å². The number of nitrogens with one attached hydrogen (secondary N) is 1. The molecular formula is C25H33N3NaO4-3. The molecular weight excluding hydrogens is 429 g/mol. The summed E-state index contributed by atoms with van der Waals surface area (Å²) in [5, 5.41) is 12.4. The Morgan fingerprint density at radius 3 is 2.36 bits per heavy atom. The Morgan fingerprint density at radius 2 is 1.76 bits per heavy atom. The maximum Gasteiger partial charge on any atom is 1.00 e. The molecule has 2 aliphatic rings. The van der Waals surface area contributed by atoms with Crippen LogP contribution in [0.5, 0.6) is 5.88 Å². The van der Waals surface area contributed by atoms with Crippen molar-refractivity contribution in [1.82, 2.24) is 10.3 Å². The maximum atomic E-state index is 12.4. The van der Waals surface area contributed by atoms with Crippen LogP contribution in [0.15, 0.2) is 47.4 Å². The number of ether oxygens (including phenoxy) is 3. The zero-order valence-corrected chi connectivity index (χ0v) is 22.2. The number of hydrogen-bond acceptors (Lipinski definition) is 5. The molecule has 0 unspecified atom stereocenters. The van der Waals surface area contributed by atoms with Gasteiger partial charge in [0, 0.05) is 11.8 Å². The minimum atomic E-state index is -0.441. The van der Waals surface area contributed by atoms with Gasteiger partial charge in [-0.05, 0) is 6.07 Å². The van der Waals surface area contributed by atoms with Gasteiger partial charge in [0.15, 0.2) is 0 Å². The predicted molar refractivity (Wildman–Crippen MR) is 127 cm³/mol. The summed E-state index contributed by atoms with van der Waals surface area (Å²) in [7, 11) is 0. The van der Waals surface area contributed by atoms with Crippen LogP contribution in [0.25, 0.3) is 5.41 Å². The van der Waals surface area contributed by atoms with Gasteiger partial charge in [-0.15, -0.1) is 6.08 Å². The molecule has 0 radical (unpaired) electrons. The van der Waals surface area contributed by atoms with Crippen molar-refractivity contribution in [2.75, 3.05) is 26.4 Å². The SMILES string of the molecule is CC.[CH-]=C1C=C2NC(=O)c3cccc(n3)OCCOCCOC2=CC1=[N-].[CH2-]CC(C)C[CH2-].[Na+]. The fourth-order valence-electron chi connectivity index (χ4n) is 2.27. The van der Waals surface area contributed by atoms with Crippen molar-refractivity contribution in [1.29, 1.82) is 0 Å². The Labute approximate surface area is 220 Å². The second kappa shape index (κ2) is 17.5. The van der Waals surface area contributed by atoms with Crippen LogP contribution >= 0.6 is 0 Å². The molecule has 1 N–H and O–H groups in total. The van der Waals surface area contributed by atoms with E-state index in [0.717, 1.165) is 12.8 Å². The van der Waals surface area contributed by atoms with Crippen LogP contribution in [-0.2, 0) is 9.47 Å². The van der Waals surface area contributed by atoms with Crippen molar-refractivity contribution in [2.45, 2.75) is 33.6 Å².